The van der Waals surface area contributed by atoms with Crippen molar-refractivity contribution in [3.8, 4) is 0 Å². The van der Waals surface area contributed by atoms with Gasteiger partial charge in [0, 0.05) is 20.0 Å². The molecule has 3 N–H and O–H groups in total. The number of nitrogens with zero attached hydrogens (tertiary/aromatic N) is 4. The molecule has 3 rings (SSSR count). The minimum absolute atomic E-state index is 0.0804. The summed E-state index contributed by atoms with van der Waals surface area (Å²) in [7, 11) is 1.51. The Labute approximate surface area is 182 Å². The Hall–Kier alpha value is -2.78. The Kier molecular flexibility index (Phi) is 6.47. The number of likely N-dealkylation sites (tertiary alicyclic amines) is 1. The minimum atomic E-state index is -0.975. The Morgan fingerprint density at radius 3 is 2.45 bits per heavy atom. The van der Waals surface area contributed by atoms with Crippen molar-refractivity contribution in [3.05, 3.63) is 47.3 Å². The minimum Gasteiger partial charge on any atom is -0.391 e. The number of rotatable bonds is 5. The molecule has 2 heterocycles. The summed E-state index contributed by atoms with van der Waals surface area (Å²) in [6.07, 6.45) is 0.0235. The highest BCUT2D eigenvalue weighted by atomic mass is 16.3. The van der Waals surface area contributed by atoms with Crippen molar-refractivity contribution in [2.75, 3.05) is 13.6 Å². The summed E-state index contributed by atoms with van der Waals surface area (Å²) in [6.45, 7) is 7.74. The maximum atomic E-state index is 13.5. The van der Waals surface area contributed by atoms with E-state index in [9.17, 15) is 19.8 Å². The van der Waals surface area contributed by atoms with Crippen LogP contribution in [0, 0.1) is 12.3 Å². The van der Waals surface area contributed by atoms with E-state index in [-0.39, 0.29) is 24.8 Å². The van der Waals surface area contributed by atoms with E-state index >= 15 is 0 Å². The largest absolute Gasteiger partial charge is 0.391 e. The van der Waals surface area contributed by atoms with Gasteiger partial charge < -0.3 is 20.4 Å². The van der Waals surface area contributed by atoms with Gasteiger partial charge >= 0.3 is 0 Å². The van der Waals surface area contributed by atoms with Gasteiger partial charge in [-0.1, -0.05) is 55.8 Å². The molecular weight excluding hydrogens is 398 g/mol. The second-order valence-corrected chi connectivity index (χ2v) is 9.22. The fourth-order valence-corrected chi connectivity index (χ4v) is 3.97. The normalized spacial score (nSPS) is 21.1. The summed E-state index contributed by atoms with van der Waals surface area (Å²) in [5.74, 6) is -0.634. The van der Waals surface area contributed by atoms with Gasteiger partial charge in [-0.25, -0.2) is 4.68 Å². The summed E-state index contributed by atoms with van der Waals surface area (Å²) in [5, 5.41) is 31.6. The Balaban J connectivity index is 1.91. The van der Waals surface area contributed by atoms with E-state index in [1.165, 1.54) is 16.6 Å². The number of benzene rings is 1. The number of carbonyl (C=O) groups is 2. The number of carbonyl (C=O) groups excluding carboxylic acids is 2. The highest BCUT2D eigenvalue weighted by Gasteiger charge is 2.45. The predicted molar refractivity (Wildman–Crippen MR) is 114 cm³/mol. The predicted octanol–water partition coefficient (Wildman–Crippen LogP) is 0.963. The lowest BCUT2D eigenvalue weighted by Gasteiger charge is -2.34. The smallest absolute Gasteiger partial charge is 0.248 e. The molecule has 0 aliphatic carbocycles. The lowest BCUT2D eigenvalue weighted by molar-refractivity contribution is -0.144. The summed E-state index contributed by atoms with van der Waals surface area (Å²) in [5.41, 5.74) is 1.53. The van der Waals surface area contributed by atoms with Crippen LogP contribution >= 0.6 is 0 Å². The van der Waals surface area contributed by atoms with Crippen LogP contribution in [0.1, 0.15) is 56.2 Å². The zero-order valence-electron chi connectivity index (χ0n) is 18.6. The van der Waals surface area contributed by atoms with E-state index in [2.05, 4.69) is 15.6 Å². The van der Waals surface area contributed by atoms with Crippen molar-refractivity contribution in [1.29, 1.82) is 0 Å². The lowest BCUT2D eigenvalue weighted by Crippen LogP contribution is -2.49. The fraction of sp³-hybridized carbons (Fsp3) is 0.545. The number of β-amino-alcohol motifs (C(OH)–C–C–N with tert-alkyl or cyclic N) is 1. The third kappa shape index (κ3) is 4.77. The summed E-state index contributed by atoms with van der Waals surface area (Å²) < 4.78 is 1.45. The molecule has 9 heteroatoms. The lowest BCUT2D eigenvalue weighted by atomic mass is 9.85. The number of aryl methyl sites for hydroxylation is 1. The van der Waals surface area contributed by atoms with E-state index in [0.29, 0.717) is 11.3 Å². The number of amides is 2. The van der Waals surface area contributed by atoms with Crippen LogP contribution in [0.2, 0.25) is 0 Å². The third-order valence-corrected chi connectivity index (χ3v) is 5.63. The fourth-order valence-electron chi connectivity index (χ4n) is 3.97. The molecule has 1 unspecified atom stereocenters. The first-order chi connectivity index (χ1) is 14.5. The molecule has 0 spiro atoms. The van der Waals surface area contributed by atoms with Gasteiger partial charge in [-0.2, -0.15) is 0 Å². The molecule has 0 saturated carbocycles. The molecule has 4 atom stereocenters. The second kappa shape index (κ2) is 8.76. The summed E-state index contributed by atoms with van der Waals surface area (Å²) in [6, 6.07) is 5.95. The quantitative estimate of drug-likeness (QED) is 0.651. The second-order valence-electron chi connectivity index (χ2n) is 9.22. The van der Waals surface area contributed by atoms with Crippen LogP contribution in [0.3, 0.4) is 0 Å². The zero-order chi connectivity index (χ0) is 22.9. The van der Waals surface area contributed by atoms with Gasteiger partial charge in [0.15, 0.2) is 0 Å². The van der Waals surface area contributed by atoms with Crippen molar-refractivity contribution in [2.45, 2.75) is 58.4 Å². The molecule has 2 aromatic rings. The van der Waals surface area contributed by atoms with E-state index < -0.39 is 29.7 Å². The average Bonchev–Trinajstić information content (AvgIpc) is 3.33. The SMILES string of the molecule is CNC(=O)[C@H]1C[C@H](O)CN1C(=O)[C@@H](n1cc(C(O)c2ccc(C)cc2)nn1)C(C)(C)C. The molecule has 1 aromatic heterocycles. The topological polar surface area (TPSA) is 121 Å². The number of hydrogen-bond donors (Lipinski definition) is 3. The third-order valence-electron chi connectivity index (χ3n) is 5.63. The number of aromatic nitrogens is 3. The number of likely N-dealkylation sites (N-methyl/N-ethyl adjacent to an activating group) is 1. The van der Waals surface area contributed by atoms with Crippen LogP contribution in [0.25, 0.3) is 0 Å². The van der Waals surface area contributed by atoms with Gasteiger partial charge in [-0.05, 0) is 17.9 Å². The molecule has 1 aliphatic rings. The monoisotopic (exact) mass is 429 g/mol. The van der Waals surface area contributed by atoms with E-state index in [4.69, 9.17) is 0 Å². The number of nitrogens with one attached hydrogen (secondary N) is 1. The van der Waals surface area contributed by atoms with E-state index in [0.717, 1.165) is 5.56 Å². The molecule has 1 aliphatic heterocycles. The van der Waals surface area contributed by atoms with Crippen molar-refractivity contribution in [2.24, 2.45) is 5.41 Å². The van der Waals surface area contributed by atoms with Gasteiger partial charge in [0.25, 0.3) is 0 Å². The van der Waals surface area contributed by atoms with Crippen LogP contribution in [-0.4, -0.2) is 67.7 Å². The molecule has 168 valence electrons. The van der Waals surface area contributed by atoms with Crippen LogP contribution in [-0.2, 0) is 9.59 Å². The van der Waals surface area contributed by atoms with Gasteiger partial charge in [-0.15, -0.1) is 5.10 Å². The highest BCUT2D eigenvalue weighted by Crippen LogP contribution is 2.35. The highest BCUT2D eigenvalue weighted by molar-refractivity contribution is 5.90. The van der Waals surface area contributed by atoms with Crippen LogP contribution in [0.5, 0.6) is 0 Å². The first-order valence-electron chi connectivity index (χ1n) is 10.4. The van der Waals surface area contributed by atoms with Gasteiger partial charge in [-0.3, -0.25) is 9.59 Å². The molecule has 1 aromatic carbocycles. The number of aliphatic hydroxyl groups is 2. The first kappa shape index (κ1) is 22.9. The Bertz CT molecular complexity index is 934. The standard InChI is InChI=1S/C22H31N5O4/c1-13-6-8-14(9-7-13)18(29)16-12-27(25-24-16)19(22(2,3)4)21(31)26-11-15(28)10-17(26)20(30)23-5/h6-9,12,15,17-19,28-29H,10-11H2,1-5H3,(H,23,30)/t15-,17+,18?,19+/m0/s1. The van der Waals surface area contributed by atoms with Gasteiger partial charge in [0.05, 0.1) is 12.3 Å². The van der Waals surface area contributed by atoms with Gasteiger partial charge in [0.1, 0.15) is 23.9 Å². The van der Waals surface area contributed by atoms with Crippen molar-refractivity contribution >= 4 is 11.8 Å². The van der Waals surface area contributed by atoms with Crippen molar-refractivity contribution in [3.63, 3.8) is 0 Å². The molecule has 1 fully saturated rings. The maximum absolute atomic E-state index is 13.5. The number of hydrogen-bond acceptors (Lipinski definition) is 6. The molecule has 2 amide bonds. The maximum Gasteiger partial charge on any atom is 0.248 e. The van der Waals surface area contributed by atoms with Crippen molar-refractivity contribution < 1.29 is 19.8 Å². The summed E-state index contributed by atoms with van der Waals surface area (Å²) in [4.78, 5) is 27.2. The zero-order valence-corrected chi connectivity index (χ0v) is 18.6. The first-order valence-corrected chi connectivity index (χ1v) is 10.4. The number of aliphatic hydroxyl groups excluding tert-OH is 2. The van der Waals surface area contributed by atoms with Crippen LogP contribution in [0.4, 0.5) is 0 Å². The average molecular weight is 430 g/mol. The van der Waals surface area contributed by atoms with Crippen LogP contribution in [0.15, 0.2) is 30.5 Å². The van der Waals surface area contributed by atoms with Crippen molar-refractivity contribution in [1.82, 2.24) is 25.2 Å². The van der Waals surface area contributed by atoms with E-state index in [1.54, 1.807) is 6.20 Å². The van der Waals surface area contributed by atoms with E-state index in [1.807, 2.05) is 52.0 Å². The van der Waals surface area contributed by atoms with Gasteiger partial charge in [0.2, 0.25) is 11.8 Å². The molecule has 31 heavy (non-hydrogen) atoms. The van der Waals surface area contributed by atoms with Crippen LogP contribution < -0.4 is 5.32 Å². The molecule has 9 nitrogen and oxygen atoms in total. The molecule has 0 radical (unpaired) electrons. The Morgan fingerprint density at radius 1 is 1.23 bits per heavy atom. The molecule has 0 bridgehead atoms. The molecule has 1 saturated heterocycles. The summed E-state index contributed by atoms with van der Waals surface area (Å²) >= 11 is 0. The Morgan fingerprint density at radius 2 is 1.87 bits per heavy atom. The molecular formula is C22H31N5O4.